The lowest BCUT2D eigenvalue weighted by atomic mass is 9.88. The van der Waals surface area contributed by atoms with Crippen LogP contribution in [0, 0.1) is 5.92 Å². The lowest BCUT2D eigenvalue weighted by molar-refractivity contribution is -0.111. The van der Waals surface area contributed by atoms with Crippen LogP contribution in [-0.2, 0) is 18.4 Å². The lowest BCUT2D eigenvalue weighted by Crippen LogP contribution is -2.69. The molecule has 53 heavy (non-hydrogen) atoms. The number of carbonyl (C=O) groups is 1. The summed E-state index contributed by atoms with van der Waals surface area (Å²) in [6, 6.07) is 43.5. The van der Waals surface area contributed by atoms with Crippen molar-refractivity contribution in [3.8, 4) is 0 Å². The second-order valence-electron chi connectivity index (χ2n) is 17.3. The van der Waals surface area contributed by atoms with E-state index in [4.69, 9.17) is 13.6 Å². The summed E-state index contributed by atoms with van der Waals surface area (Å²) in [5.74, 6) is 0.0227. The van der Waals surface area contributed by atoms with Crippen LogP contribution < -0.4 is 20.7 Å². The Labute approximate surface area is 322 Å². The highest BCUT2D eigenvalue weighted by atomic mass is 28.4. The minimum absolute atomic E-state index is 0.0227. The molecule has 1 aliphatic heterocycles. The average molecular weight is 747 g/mol. The molecule has 1 fully saturated rings. The van der Waals surface area contributed by atoms with Crippen molar-refractivity contribution in [1.82, 2.24) is 0 Å². The molecule has 0 saturated carbocycles. The SMILES string of the molecule is CC(C=O)CCC[C@]1(C)OCC(=CCO[Si](c2ccccc2)(c2ccccc2)C(C)(C)C)CC[C@@H]1O[Si](c1ccccc1)(c1ccccc1)C(C)(C)C. The summed E-state index contributed by atoms with van der Waals surface area (Å²) in [7, 11) is -5.54. The highest BCUT2D eigenvalue weighted by Crippen LogP contribution is 2.43. The van der Waals surface area contributed by atoms with E-state index in [0.29, 0.717) is 13.2 Å². The molecule has 1 aliphatic rings. The van der Waals surface area contributed by atoms with E-state index in [1.54, 1.807) is 0 Å². The van der Waals surface area contributed by atoms with Crippen LogP contribution in [-0.4, -0.2) is 47.8 Å². The molecule has 1 heterocycles. The third-order valence-corrected chi connectivity index (χ3v) is 21.4. The fourth-order valence-corrected chi connectivity index (χ4v) is 17.7. The fraction of sp³-hybridized carbons (Fsp3) is 0.426. The van der Waals surface area contributed by atoms with E-state index < -0.39 is 22.2 Å². The van der Waals surface area contributed by atoms with Crippen LogP contribution in [0.3, 0.4) is 0 Å². The zero-order valence-electron chi connectivity index (χ0n) is 33.4. The monoisotopic (exact) mass is 746 g/mol. The molecule has 5 rings (SSSR count). The van der Waals surface area contributed by atoms with Crippen molar-refractivity contribution >= 4 is 43.7 Å². The normalized spacial score (nSPS) is 20.2. The van der Waals surface area contributed by atoms with E-state index in [2.05, 4.69) is 176 Å². The first-order chi connectivity index (χ1) is 25.3. The molecule has 6 heteroatoms. The summed E-state index contributed by atoms with van der Waals surface area (Å²) in [5, 5.41) is 4.86. The second-order valence-corrected chi connectivity index (χ2v) is 25.8. The van der Waals surface area contributed by atoms with Crippen molar-refractivity contribution in [1.29, 1.82) is 0 Å². The van der Waals surface area contributed by atoms with E-state index in [0.717, 1.165) is 38.4 Å². The molecular formula is C47H62O4Si2. The number of rotatable bonds is 14. The zero-order valence-corrected chi connectivity index (χ0v) is 35.4. The van der Waals surface area contributed by atoms with Gasteiger partial charge in [-0.3, -0.25) is 0 Å². The van der Waals surface area contributed by atoms with Gasteiger partial charge in [0.1, 0.15) is 6.29 Å². The van der Waals surface area contributed by atoms with E-state index in [9.17, 15) is 4.79 Å². The maximum absolute atomic E-state index is 11.6. The van der Waals surface area contributed by atoms with Crippen molar-refractivity contribution in [2.75, 3.05) is 13.2 Å². The standard InChI is InChI=1S/C47H62O4Si2/c1-38(36-48)22-21-34-47(8)44(51-53(46(5,6)7,42-27-17-11-18-28-42)43-29-19-12-20-30-43)32-31-39(37-49-47)33-35-50-52(45(2,3)4,40-23-13-9-14-24-40)41-25-15-10-16-26-41/h9-20,23-30,33,36,38,44H,21-22,31-32,34-35,37H2,1-8H3/t38?,44-,47-/m0/s1. The third-order valence-electron chi connectivity index (χ3n) is 11.4. The molecule has 0 N–H and O–H groups in total. The summed E-state index contributed by atoms with van der Waals surface area (Å²) < 4.78 is 22.2. The first kappa shape index (κ1) is 40.8. The van der Waals surface area contributed by atoms with Gasteiger partial charge in [-0.2, -0.15) is 0 Å². The topological polar surface area (TPSA) is 44.8 Å². The molecule has 0 aromatic heterocycles. The van der Waals surface area contributed by atoms with Crippen molar-refractivity contribution in [3.05, 3.63) is 133 Å². The first-order valence-corrected chi connectivity index (χ1v) is 23.4. The maximum Gasteiger partial charge on any atom is 0.261 e. The molecule has 3 atom stereocenters. The molecule has 282 valence electrons. The average Bonchev–Trinajstić information content (AvgIpc) is 3.30. The summed E-state index contributed by atoms with van der Waals surface area (Å²) in [4.78, 5) is 11.6. The van der Waals surface area contributed by atoms with Crippen molar-refractivity contribution < 1.29 is 18.4 Å². The van der Waals surface area contributed by atoms with E-state index >= 15 is 0 Å². The number of carbonyl (C=O) groups excluding carboxylic acids is 1. The van der Waals surface area contributed by atoms with Gasteiger partial charge in [0.25, 0.3) is 16.6 Å². The van der Waals surface area contributed by atoms with Gasteiger partial charge in [-0.25, -0.2) is 0 Å². The van der Waals surface area contributed by atoms with Gasteiger partial charge in [0.2, 0.25) is 0 Å². The number of aldehydes is 1. The Morgan fingerprint density at radius 1 is 0.736 bits per heavy atom. The molecule has 4 aromatic carbocycles. The lowest BCUT2D eigenvalue weighted by Gasteiger charge is -2.48. The number of benzene rings is 4. The predicted molar refractivity (Wildman–Crippen MR) is 227 cm³/mol. The summed E-state index contributed by atoms with van der Waals surface area (Å²) in [5.41, 5.74) is 0.716. The minimum atomic E-state index is -2.86. The van der Waals surface area contributed by atoms with Crippen LogP contribution in [0.1, 0.15) is 87.5 Å². The van der Waals surface area contributed by atoms with Crippen molar-refractivity contribution in [2.24, 2.45) is 5.92 Å². The molecule has 0 aliphatic carbocycles. The largest absolute Gasteiger partial charge is 0.404 e. The highest BCUT2D eigenvalue weighted by molar-refractivity contribution is 7.00. The summed E-state index contributed by atoms with van der Waals surface area (Å²) in [6.07, 6.45) is 7.47. The van der Waals surface area contributed by atoms with Gasteiger partial charge in [-0.15, -0.1) is 0 Å². The van der Waals surface area contributed by atoms with E-state index in [1.807, 2.05) is 6.92 Å². The number of ether oxygens (including phenoxy) is 1. The molecule has 0 spiro atoms. The van der Waals surface area contributed by atoms with Gasteiger partial charge in [-0.1, -0.05) is 176 Å². The Morgan fingerprint density at radius 3 is 1.58 bits per heavy atom. The molecule has 1 unspecified atom stereocenters. The predicted octanol–water partition coefficient (Wildman–Crippen LogP) is 9.01. The Bertz CT molecular complexity index is 1670. The van der Waals surface area contributed by atoms with Crippen molar-refractivity contribution in [3.63, 3.8) is 0 Å². The fourth-order valence-electron chi connectivity index (χ4n) is 8.42. The number of hydrogen-bond donors (Lipinski definition) is 0. The van der Waals surface area contributed by atoms with Crippen LogP contribution in [0.25, 0.3) is 0 Å². The Hall–Kier alpha value is -3.40. The second kappa shape index (κ2) is 17.4. The summed E-state index contributed by atoms with van der Waals surface area (Å²) >= 11 is 0. The van der Waals surface area contributed by atoms with Crippen LogP contribution in [0.4, 0.5) is 0 Å². The molecule has 0 amide bonds. The Kier molecular flexibility index (Phi) is 13.4. The number of hydrogen-bond acceptors (Lipinski definition) is 4. The van der Waals surface area contributed by atoms with Crippen molar-refractivity contribution in [2.45, 2.75) is 109 Å². The van der Waals surface area contributed by atoms with Crippen LogP contribution in [0.2, 0.25) is 10.1 Å². The van der Waals surface area contributed by atoms with Gasteiger partial charge in [-0.05, 0) is 75.4 Å². The minimum Gasteiger partial charge on any atom is -0.404 e. The van der Waals surface area contributed by atoms with Gasteiger partial charge < -0.3 is 18.4 Å². The molecule has 4 aromatic rings. The van der Waals surface area contributed by atoms with Gasteiger partial charge >= 0.3 is 0 Å². The smallest absolute Gasteiger partial charge is 0.261 e. The van der Waals surface area contributed by atoms with Gasteiger partial charge in [0.15, 0.2) is 0 Å². The highest BCUT2D eigenvalue weighted by Gasteiger charge is 2.54. The van der Waals surface area contributed by atoms with E-state index in [1.165, 1.54) is 26.3 Å². The maximum atomic E-state index is 11.6. The van der Waals surface area contributed by atoms with E-state index in [-0.39, 0.29) is 22.1 Å². The molecule has 1 saturated heterocycles. The van der Waals surface area contributed by atoms with Gasteiger partial charge in [0.05, 0.1) is 24.9 Å². The van der Waals surface area contributed by atoms with Crippen LogP contribution in [0.5, 0.6) is 0 Å². The molecule has 4 nitrogen and oxygen atoms in total. The Balaban J connectivity index is 1.51. The summed E-state index contributed by atoms with van der Waals surface area (Å²) in [6.45, 7) is 19.3. The Morgan fingerprint density at radius 2 is 1.17 bits per heavy atom. The molecule has 0 bridgehead atoms. The first-order valence-electron chi connectivity index (χ1n) is 19.6. The zero-order chi connectivity index (χ0) is 38.2. The van der Waals surface area contributed by atoms with Crippen LogP contribution in [0.15, 0.2) is 133 Å². The van der Waals surface area contributed by atoms with Crippen LogP contribution >= 0.6 is 0 Å². The molecular weight excluding hydrogens is 685 g/mol. The third kappa shape index (κ3) is 8.95. The molecule has 0 radical (unpaired) electrons. The van der Waals surface area contributed by atoms with Gasteiger partial charge in [0, 0.05) is 5.92 Å². The quantitative estimate of drug-likeness (QED) is 0.0735.